The molecule has 1 aromatic carbocycles. The zero-order valence-corrected chi connectivity index (χ0v) is 13.7. The summed E-state index contributed by atoms with van der Waals surface area (Å²) in [4.78, 5) is 0.324. The Morgan fingerprint density at radius 3 is 2.67 bits per heavy atom. The van der Waals surface area contributed by atoms with E-state index < -0.39 is 10.0 Å². The number of sulfonamides is 1. The van der Waals surface area contributed by atoms with Crippen molar-refractivity contribution in [3.8, 4) is 5.75 Å². The van der Waals surface area contributed by atoms with Crippen molar-refractivity contribution in [2.45, 2.75) is 37.6 Å². The molecule has 0 bridgehead atoms. The Kier molecular flexibility index (Phi) is 4.91. The van der Waals surface area contributed by atoms with Gasteiger partial charge >= 0.3 is 0 Å². The molecule has 1 saturated heterocycles. The van der Waals surface area contributed by atoms with Gasteiger partial charge in [0.25, 0.3) is 0 Å². The molecule has 1 fully saturated rings. The van der Waals surface area contributed by atoms with E-state index in [0.29, 0.717) is 23.7 Å². The largest absolute Gasteiger partial charge is 0.496 e. The molecule has 2 N–H and O–H groups in total. The number of rotatable bonds is 4. The highest BCUT2D eigenvalue weighted by Crippen LogP contribution is 2.29. The number of hydrogen-bond acceptors (Lipinski definition) is 4. The molecule has 0 saturated carbocycles. The summed E-state index contributed by atoms with van der Waals surface area (Å²) in [6.45, 7) is 4.84. The maximum atomic E-state index is 12.9. The number of piperidine rings is 1. The first kappa shape index (κ1) is 16.3. The second-order valence-corrected chi connectivity index (χ2v) is 7.62. The van der Waals surface area contributed by atoms with Gasteiger partial charge in [-0.05, 0) is 62.9 Å². The van der Waals surface area contributed by atoms with Crippen LogP contribution in [0.2, 0.25) is 0 Å². The van der Waals surface area contributed by atoms with E-state index in [2.05, 4.69) is 0 Å². The number of aryl methyl sites for hydroxylation is 1. The smallest absolute Gasteiger partial charge is 0.243 e. The Balaban J connectivity index is 2.34. The lowest BCUT2D eigenvalue weighted by Crippen LogP contribution is -2.46. The molecule has 0 aromatic heterocycles. The first-order chi connectivity index (χ1) is 9.90. The maximum absolute atomic E-state index is 12.9. The SMILES string of the molecule is COc1ccc(S(=O)(=O)N2CC(CN)CCC2C)cc1C. The van der Waals surface area contributed by atoms with Crippen molar-refractivity contribution in [2.75, 3.05) is 20.2 Å². The second-order valence-electron chi connectivity index (χ2n) is 5.73. The average Bonchev–Trinajstić information content (AvgIpc) is 2.47. The molecule has 1 aliphatic heterocycles. The molecule has 118 valence electrons. The minimum absolute atomic E-state index is 0.0141. The quantitative estimate of drug-likeness (QED) is 0.919. The highest BCUT2D eigenvalue weighted by molar-refractivity contribution is 7.89. The van der Waals surface area contributed by atoms with E-state index in [0.717, 1.165) is 18.4 Å². The Morgan fingerprint density at radius 2 is 2.10 bits per heavy atom. The molecule has 2 atom stereocenters. The van der Waals surface area contributed by atoms with Crippen LogP contribution in [0.4, 0.5) is 0 Å². The number of hydrogen-bond donors (Lipinski definition) is 1. The molecule has 0 radical (unpaired) electrons. The first-order valence-corrected chi connectivity index (χ1v) is 8.70. The van der Waals surface area contributed by atoms with Crippen molar-refractivity contribution < 1.29 is 13.2 Å². The Bertz CT molecular complexity index is 601. The van der Waals surface area contributed by atoms with Crippen LogP contribution in [-0.4, -0.2) is 39.0 Å². The normalized spacial score (nSPS) is 24.0. The van der Waals surface area contributed by atoms with Gasteiger partial charge in [-0.2, -0.15) is 4.31 Å². The summed E-state index contributed by atoms with van der Waals surface area (Å²) in [6.07, 6.45) is 1.85. The van der Waals surface area contributed by atoms with Crippen LogP contribution in [0.25, 0.3) is 0 Å². The lowest BCUT2D eigenvalue weighted by Gasteiger charge is -2.36. The lowest BCUT2D eigenvalue weighted by molar-refractivity contribution is 0.211. The van der Waals surface area contributed by atoms with Gasteiger partial charge in [-0.1, -0.05) is 0 Å². The third-order valence-electron chi connectivity index (χ3n) is 4.23. The minimum atomic E-state index is -3.48. The van der Waals surface area contributed by atoms with Gasteiger partial charge in [0.05, 0.1) is 12.0 Å². The number of benzene rings is 1. The van der Waals surface area contributed by atoms with Gasteiger partial charge in [-0.25, -0.2) is 8.42 Å². The number of methoxy groups -OCH3 is 1. The summed E-state index contributed by atoms with van der Waals surface area (Å²) in [6, 6.07) is 5.00. The van der Waals surface area contributed by atoms with Gasteiger partial charge in [0.1, 0.15) is 5.75 Å². The number of ether oxygens (including phenoxy) is 1. The molecule has 0 amide bonds. The number of nitrogens with zero attached hydrogens (tertiary/aromatic N) is 1. The highest BCUT2D eigenvalue weighted by Gasteiger charge is 2.34. The third-order valence-corrected chi connectivity index (χ3v) is 6.20. The van der Waals surface area contributed by atoms with E-state index in [1.807, 2.05) is 13.8 Å². The summed E-state index contributed by atoms with van der Waals surface area (Å²) >= 11 is 0. The van der Waals surface area contributed by atoms with Crippen LogP contribution in [0, 0.1) is 12.8 Å². The van der Waals surface area contributed by atoms with Gasteiger partial charge < -0.3 is 10.5 Å². The molecule has 5 nitrogen and oxygen atoms in total. The van der Waals surface area contributed by atoms with Crippen LogP contribution in [0.5, 0.6) is 5.75 Å². The zero-order valence-electron chi connectivity index (χ0n) is 12.9. The van der Waals surface area contributed by atoms with Gasteiger partial charge in [0.15, 0.2) is 0 Å². The Morgan fingerprint density at radius 1 is 1.38 bits per heavy atom. The fraction of sp³-hybridized carbons (Fsp3) is 0.600. The summed E-state index contributed by atoms with van der Waals surface area (Å²) in [5.41, 5.74) is 6.54. The van der Waals surface area contributed by atoms with Crippen molar-refractivity contribution >= 4 is 10.0 Å². The van der Waals surface area contributed by atoms with E-state index in [4.69, 9.17) is 10.5 Å². The van der Waals surface area contributed by atoms with E-state index in [9.17, 15) is 8.42 Å². The molecule has 0 aliphatic carbocycles. The summed E-state index contributed by atoms with van der Waals surface area (Å²) < 4.78 is 32.5. The Labute approximate surface area is 127 Å². The van der Waals surface area contributed by atoms with E-state index >= 15 is 0 Å². The van der Waals surface area contributed by atoms with E-state index in [1.165, 1.54) is 0 Å². The van der Waals surface area contributed by atoms with Crippen LogP contribution >= 0.6 is 0 Å². The zero-order chi connectivity index (χ0) is 15.6. The van der Waals surface area contributed by atoms with Gasteiger partial charge in [-0.15, -0.1) is 0 Å². The predicted molar refractivity (Wildman–Crippen MR) is 82.9 cm³/mol. The summed E-state index contributed by atoms with van der Waals surface area (Å²) in [7, 11) is -1.90. The van der Waals surface area contributed by atoms with Crippen molar-refractivity contribution in [2.24, 2.45) is 11.7 Å². The number of nitrogens with two attached hydrogens (primary N) is 1. The highest BCUT2D eigenvalue weighted by atomic mass is 32.2. The van der Waals surface area contributed by atoms with Crippen LogP contribution < -0.4 is 10.5 Å². The summed E-state index contributed by atoms with van der Waals surface area (Å²) in [5, 5.41) is 0. The van der Waals surface area contributed by atoms with Crippen LogP contribution in [0.15, 0.2) is 23.1 Å². The molecule has 2 unspecified atom stereocenters. The van der Waals surface area contributed by atoms with Crippen molar-refractivity contribution in [1.29, 1.82) is 0 Å². The topological polar surface area (TPSA) is 72.6 Å². The van der Waals surface area contributed by atoms with Crippen molar-refractivity contribution in [1.82, 2.24) is 4.31 Å². The van der Waals surface area contributed by atoms with E-state index in [-0.39, 0.29) is 12.0 Å². The molecule has 1 heterocycles. The molecular weight excluding hydrogens is 288 g/mol. The van der Waals surface area contributed by atoms with Gasteiger partial charge in [0, 0.05) is 12.6 Å². The molecule has 2 rings (SSSR count). The maximum Gasteiger partial charge on any atom is 0.243 e. The molecule has 0 spiro atoms. The fourth-order valence-corrected chi connectivity index (χ4v) is 4.64. The standard InChI is InChI=1S/C15H24N2O3S/c1-11-8-14(6-7-15(11)20-3)21(18,19)17-10-13(9-16)5-4-12(17)2/h6-8,12-13H,4-5,9-10,16H2,1-3H3. The molecular formula is C15H24N2O3S. The van der Waals surface area contributed by atoms with Crippen molar-refractivity contribution in [3.63, 3.8) is 0 Å². The molecule has 1 aromatic rings. The monoisotopic (exact) mass is 312 g/mol. The molecule has 6 heteroatoms. The first-order valence-electron chi connectivity index (χ1n) is 7.26. The van der Waals surface area contributed by atoms with Crippen molar-refractivity contribution in [3.05, 3.63) is 23.8 Å². The third kappa shape index (κ3) is 3.22. The minimum Gasteiger partial charge on any atom is -0.496 e. The summed E-state index contributed by atoms with van der Waals surface area (Å²) in [5.74, 6) is 0.941. The predicted octanol–water partition coefficient (Wildman–Crippen LogP) is 1.75. The van der Waals surface area contributed by atoms with Gasteiger partial charge in [0.2, 0.25) is 10.0 Å². The van der Waals surface area contributed by atoms with Crippen LogP contribution in [-0.2, 0) is 10.0 Å². The van der Waals surface area contributed by atoms with E-state index in [1.54, 1.807) is 29.6 Å². The second kappa shape index (κ2) is 6.34. The Hall–Kier alpha value is -1.11. The van der Waals surface area contributed by atoms with Gasteiger partial charge in [-0.3, -0.25) is 0 Å². The van der Waals surface area contributed by atoms with Crippen LogP contribution in [0.3, 0.4) is 0 Å². The lowest BCUT2D eigenvalue weighted by atomic mass is 9.96. The average molecular weight is 312 g/mol. The molecule has 1 aliphatic rings. The van der Waals surface area contributed by atoms with Crippen LogP contribution in [0.1, 0.15) is 25.3 Å². The fourth-order valence-electron chi connectivity index (χ4n) is 2.82. The molecule has 21 heavy (non-hydrogen) atoms.